The van der Waals surface area contributed by atoms with Gasteiger partial charge in [-0.15, -0.1) is 0 Å². The maximum Gasteiger partial charge on any atom is 0.243 e. The largest absolute Gasteiger partial charge is 0.392 e. The summed E-state index contributed by atoms with van der Waals surface area (Å²) in [6.45, 7) is 0.511. The first-order valence-electron chi connectivity index (χ1n) is 5.81. The highest BCUT2D eigenvalue weighted by Crippen LogP contribution is 2.28. The Balaban J connectivity index is 2.03. The highest BCUT2D eigenvalue weighted by atomic mass is 32.2. The van der Waals surface area contributed by atoms with Crippen molar-refractivity contribution in [3.05, 3.63) is 18.2 Å². The summed E-state index contributed by atoms with van der Waals surface area (Å²) in [5, 5.41) is 9.87. The number of anilines is 1. The van der Waals surface area contributed by atoms with Gasteiger partial charge in [-0.05, 0) is 24.6 Å². The van der Waals surface area contributed by atoms with E-state index in [-0.39, 0.29) is 11.4 Å². The molecular formula is C11H13N3O3S2. The van der Waals surface area contributed by atoms with E-state index in [1.807, 2.05) is 0 Å². The lowest BCUT2D eigenvalue weighted by Gasteiger charge is -2.15. The van der Waals surface area contributed by atoms with Crippen LogP contribution < -0.4 is 5.73 Å². The molecule has 2 heterocycles. The Labute approximate surface area is 114 Å². The number of fused-ring (bicyclic) bond motifs is 1. The number of aliphatic hydroxyl groups is 1. The second-order valence-corrected chi connectivity index (χ2v) is 7.49. The van der Waals surface area contributed by atoms with Gasteiger partial charge in [-0.3, -0.25) is 0 Å². The molecule has 3 N–H and O–H groups in total. The van der Waals surface area contributed by atoms with Gasteiger partial charge in [0.2, 0.25) is 10.0 Å². The van der Waals surface area contributed by atoms with Gasteiger partial charge in [0.1, 0.15) is 0 Å². The van der Waals surface area contributed by atoms with Crippen LogP contribution in [0.25, 0.3) is 10.2 Å². The summed E-state index contributed by atoms with van der Waals surface area (Å²) in [4.78, 5) is 4.31. The number of hydrogen-bond acceptors (Lipinski definition) is 6. The first kappa shape index (κ1) is 12.8. The molecule has 2 aromatic rings. The molecule has 1 saturated heterocycles. The minimum absolute atomic E-state index is 0.158. The van der Waals surface area contributed by atoms with E-state index in [1.165, 1.54) is 21.7 Å². The second kappa shape index (κ2) is 4.41. The summed E-state index contributed by atoms with van der Waals surface area (Å²) in [7, 11) is -3.54. The number of rotatable bonds is 2. The van der Waals surface area contributed by atoms with Crippen molar-refractivity contribution < 1.29 is 13.5 Å². The Kier molecular flexibility index (Phi) is 2.97. The van der Waals surface area contributed by atoms with Gasteiger partial charge in [-0.25, -0.2) is 13.4 Å². The zero-order chi connectivity index (χ0) is 13.6. The summed E-state index contributed by atoms with van der Waals surface area (Å²) >= 11 is 1.26. The highest BCUT2D eigenvalue weighted by molar-refractivity contribution is 7.89. The zero-order valence-electron chi connectivity index (χ0n) is 9.98. The summed E-state index contributed by atoms with van der Waals surface area (Å²) in [5.41, 5.74) is 6.30. The van der Waals surface area contributed by atoms with Gasteiger partial charge >= 0.3 is 0 Å². The SMILES string of the molecule is Nc1nc2ccc(S(=O)(=O)N3CC[C@H](O)C3)cc2s1. The van der Waals surface area contributed by atoms with E-state index < -0.39 is 16.1 Å². The van der Waals surface area contributed by atoms with Crippen molar-refractivity contribution >= 4 is 36.7 Å². The summed E-state index contributed by atoms with van der Waals surface area (Å²) < 4.78 is 26.9. The molecule has 0 spiro atoms. The topological polar surface area (TPSA) is 96.5 Å². The van der Waals surface area contributed by atoms with Gasteiger partial charge < -0.3 is 10.8 Å². The molecular weight excluding hydrogens is 286 g/mol. The molecule has 1 aromatic carbocycles. The standard InChI is InChI=1S/C11H13N3O3S2/c12-11-13-9-2-1-8(5-10(9)18-11)19(16,17)14-4-3-7(15)6-14/h1-2,5,7,15H,3-4,6H2,(H2,12,13)/t7-/m0/s1. The lowest BCUT2D eigenvalue weighted by Crippen LogP contribution is -2.29. The third kappa shape index (κ3) is 2.20. The van der Waals surface area contributed by atoms with Crippen LogP contribution in [0.3, 0.4) is 0 Å². The van der Waals surface area contributed by atoms with Gasteiger partial charge in [-0.1, -0.05) is 11.3 Å². The molecule has 1 aromatic heterocycles. The smallest absolute Gasteiger partial charge is 0.243 e. The van der Waals surface area contributed by atoms with E-state index in [0.29, 0.717) is 23.6 Å². The molecule has 0 bridgehead atoms. The molecule has 19 heavy (non-hydrogen) atoms. The number of benzene rings is 1. The number of nitrogen functional groups attached to an aromatic ring is 1. The first-order valence-corrected chi connectivity index (χ1v) is 8.07. The number of sulfonamides is 1. The molecule has 1 atom stereocenters. The molecule has 0 amide bonds. The van der Waals surface area contributed by atoms with Crippen LogP contribution in [0, 0.1) is 0 Å². The minimum atomic E-state index is -3.54. The molecule has 1 aliphatic rings. The third-order valence-electron chi connectivity index (χ3n) is 3.14. The fraction of sp³-hybridized carbons (Fsp3) is 0.364. The van der Waals surface area contributed by atoms with Crippen molar-refractivity contribution in [1.29, 1.82) is 0 Å². The van der Waals surface area contributed by atoms with Gasteiger partial charge in [0.05, 0.1) is 21.2 Å². The number of nitrogens with two attached hydrogens (primary N) is 1. The molecule has 1 fully saturated rings. The summed E-state index contributed by atoms with van der Waals surface area (Å²) in [6, 6.07) is 4.77. The molecule has 102 valence electrons. The Bertz CT molecular complexity index is 726. The number of nitrogens with zero attached hydrogens (tertiary/aromatic N) is 2. The maximum absolute atomic E-state index is 12.4. The molecule has 8 heteroatoms. The average Bonchev–Trinajstić information content (AvgIpc) is 2.93. The molecule has 3 rings (SSSR count). The predicted molar refractivity (Wildman–Crippen MR) is 73.4 cm³/mol. The van der Waals surface area contributed by atoms with Crippen LogP contribution in [0.1, 0.15) is 6.42 Å². The quantitative estimate of drug-likeness (QED) is 0.848. The third-order valence-corrected chi connectivity index (χ3v) is 5.85. The van der Waals surface area contributed by atoms with Crippen LogP contribution in [0.4, 0.5) is 5.13 Å². The summed E-state index contributed by atoms with van der Waals surface area (Å²) in [5.74, 6) is 0. The van der Waals surface area contributed by atoms with Gasteiger partial charge in [0.15, 0.2) is 5.13 Å². The van der Waals surface area contributed by atoms with E-state index in [1.54, 1.807) is 12.1 Å². The molecule has 0 unspecified atom stereocenters. The van der Waals surface area contributed by atoms with E-state index in [0.717, 1.165) is 4.70 Å². The predicted octanol–water partition coefficient (Wildman–Crippen LogP) is 0.634. The number of β-amino-alcohol motifs (C(OH)–C–C–N with tert-alkyl or cyclic N) is 1. The zero-order valence-corrected chi connectivity index (χ0v) is 11.6. The number of aromatic nitrogens is 1. The molecule has 6 nitrogen and oxygen atoms in total. The van der Waals surface area contributed by atoms with Crippen LogP contribution in [0.2, 0.25) is 0 Å². The Morgan fingerprint density at radius 1 is 1.47 bits per heavy atom. The van der Waals surface area contributed by atoms with Crippen molar-refractivity contribution in [2.24, 2.45) is 0 Å². The van der Waals surface area contributed by atoms with Gasteiger partial charge in [0, 0.05) is 13.1 Å². The van der Waals surface area contributed by atoms with Crippen molar-refractivity contribution in [3.63, 3.8) is 0 Å². The Hall–Kier alpha value is -1.22. The monoisotopic (exact) mass is 299 g/mol. The highest BCUT2D eigenvalue weighted by Gasteiger charge is 2.31. The second-order valence-electron chi connectivity index (χ2n) is 4.49. The van der Waals surface area contributed by atoms with Crippen LogP contribution >= 0.6 is 11.3 Å². The van der Waals surface area contributed by atoms with Crippen LogP contribution in [0.15, 0.2) is 23.1 Å². The molecule has 0 saturated carbocycles. The number of aliphatic hydroxyl groups excluding tert-OH is 1. The van der Waals surface area contributed by atoms with Crippen LogP contribution in [-0.4, -0.2) is 42.0 Å². The average molecular weight is 299 g/mol. The van der Waals surface area contributed by atoms with E-state index in [9.17, 15) is 13.5 Å². The van der Waals surface area contributed by atoms with Crippen molar-refractivity contribution in [2.45, 2.75) is 17.4 Å². The maximum atomic E-state index is 12.4. The van der Waals surface area contributed by atoms with Gasteiger partial charge in [-0.2, -0.15) is 4.31 Å². The molecule has 0 aliphatic carbocycles. The summed E-state index contributed by atoms with van der Waals surface area (Å²) in [6.07, 6.45) is -0.0906. The number of thiazole rings is 1. The van der Waals surface area contributed by atoms with Gasteiger partial charge in [0.25, 0.3) is 0 Å². The molecule has 0 radical (unpaired) electrons. The number of hydrogen-bond donors (Lipinski definition) is 2. The Morgan fingerprint density at radius 3 is 2.95 bits per heavy atom. The lowest BCUT2D eigenvalue weighted by atomic mass is 10.3. The fourth-order valence-electron chi connectivity index (χ4n) is 2.16. The van der Waals surface area contributed by atoms with Crippen molar-refractivity contribution in [1.82, 2.24) is 9.29 Å². The Morgan fingerprint density at radius 2 is 2.26 bits per heavy atom. The minimum Gasteiger partial charge on any atom is -0.392 e. The van der Waals surface area contributed by atoms with Crippen LogP contribution in [-0.2, 0) is 10.0 Å². The van der Waals surface area contributed by atoms with E-state index in [4.69, 9.17) is 5.73 Å². The normalized spacial score (nSPS) is 21.2. The lowest BCUT2D eigenvalue weighted by molar-refractivity contribution is 0.189. The fourth-order valence-corrected chi connectivity index (χ4v) is 4.53. The molecule has 1 aliphatic heterocycles. The van der Waals surface area contributed by atoms with Crippen LogP contribution in [0.5, 0.6) is 0 Å². The van der Waals surface area contributed by atoms with Crippen molar-refractivity contribution in [3.8, 4) is 0 Å². The first-order chi connectivity index (χ1) is 8.96. The van der Waals surface area contributed by atoms with Crippen molar-refractivity contribution in [2.75, 3.05) is 18.8 Å². The van der Waals surface area contributed by atoms with E-state index in [2.05, 4.69) is 4.98 Å². The van der Waals surface area contributed by atoms with E-state index >= 15 is 0 Å².